The zero-order chi connectivity index (χ0) is 14.2. The Bertz CT molecular complexity index is 535. The molecule has 1 aliphatic rings. The molecule has 1 heterocycles. The zero-order valence-corrected chi connectivity index (χ0v) is 11.9. The maximum Gasteiger partial charge on any atom is 0.252 e. The van der Waals surface area contributed by atoms with Crippen LogP contribution in [0, 0.1) is 13.8 Å². The molecule has 1 fully saturated rings. The van der Waals surface area contributed by atoms with Crippen molar-refractivity contribution in [2.45, 2.75) is 39.7 Å². The first-order valence-electron chi connectivity index (χ1n) is 6.51. The van der Waals surface area contributed by atoms with Crippen LogP contribution in [0.2, 0.25) is 0 Å². The van der Waals surface area contributed by atoms with Crippen molar-refractivity contribution >= 4 is 17.5 Å². The lowest BCUT2D eigenvalue weighted by molar-refractivity contribution is -0.128. The highest BCUT2D eigenvalue weighted by atomic mass is 16.2. The summed E-state index contributed by atoms with van der Waals surface area (Å²) in [6.45, 7) is 7.90. The molecule has 0 saturated carbocycles. The molecule has 0 unspecified atom stereocenters. The third-order valence-corrected chi connectivity index (χ3v) is 3.45. The molecule has 0 atom stereocenters. The molecule has 1 N–H and O–H groups in total. The molecule has 1 aromatic carbocycles. The lowest BCUT2D eigenvalue weighted by atomic mass is 10.0. The lowest BCUT2D eigenvalue weighted by Gasteiger charge is -2.30. The normalized spacial score (nSPS) is 19.1. The fraction of sp³-hybridized carbons (Fsp3) is 0.467. The largest absolute Gasteiger partial charge is 0.342 e. The van der Waals surface area contributed by atoms with Gasteiger partial charge in [0.1, 0.15) is 5.54 Å². The van der Waals surface area contributed by atoms with Gasteiger partial charge in [0.25, 0.3) is 5.91 Å². The van der Waals surface area contributed by atoms with E-state index < -0.39 is 5.54 Å². The van der Waals surface area contributed by atoms with Crippen LogP contribution in [0.5, 0.6) is 0 Å². The van der Waals surface area contributed by atoms with Gasteiger partial charge >= 0.3 is 0 Å². The van der Waals surface area contributed by atoms with Gasteiger partial charge in [-0.15, -0.1) is 0 Å². The maximum atomic E-state index is 12.6. The molecule has 0 aromatic heterocycles. The van der Waals surface area contributed by atoms with Gasteiger partial charge in [0.2, 0.25) is 5.91 Å². The van der Waals surface area contributed by atoms with Gasteiger partial charge in [-0.2, -0.15) is 0 Å². The lowest BCUT2D eigenvalue weighted by Crippen LogP contribution is -2.53. The third kappa shape index (κ3) is 2.62. The second-order valence-corrected chi connectivity index (χ2v) is 5.67. The molecule has 1 saturated heterocycles. The Balaban J connectivity index is 2.45. The molecule has 0 radical (unpaired) electrons. The zero-order valence-electron chi connectivity index (χ0n) is 11.9. The van der Waals surface area contributed by atoms with Crippen LogP contribution in [0.25, 0.3) is 0 Å². The van der Waals surface area contributed by atoms with Crippen molar-refractivity contribution in [1.29, 1.82) is 0 Å². The van der Waals surface area contributed by atoms with Crippen LogP contribution in [0.15, 0.2) is 18.2 Å². The number of aryl methyl sites for hydroxylation is 2. The summed E-state index contributed by atoms with van der Waals surface area (Å²) in [5, 5.41) is 2.77. The number of hydrogen-bond acceptors (Lipinski definition) is 2. The minimum Gasteiger partial charge on any atom is -0.342 e. The quantitative estimate of drug-likeness (QED) is 0.839. The van der Waals surface area contributed by atoms with Crippen molar-refractivity contribution in [3.63, 3.8) is 0 Å². The molecule has 1 aromatic rings. The van der Waals surface area contributed by atoms with E-state index >= 15 is 0 Å². The second kappa shape index (κ2) is 4.68. The van der Waals surface area contributed by atoms with Crippen LogP contribution in [-0.4, -0.2) is 23.9 Å². The van der Waals surface area contributed by atoms with Crippen LogP contribution in [-0.2, 0) is 9.59 Å². The number of hydrogen-bond donors (Lipinski definition) is 1. The van der Waals surface area contributed by atoms with Gasteiger partial charge in [-0.25, -0.2) is 0 Å². The molecule has 4 heteroatoms. The molecule has 1 aliphatic heterocycles. The minimum absolute atomic E-state index is 0.0629. The minimum atomic E-state index is -0.857. The van der Waals surface area contributed by atoms with Crippen LogP contribution in [0.1, 0.15) is 31.4 Å². The molecule has 4 nitrogen and oxygen atoms in total. The SMILES string of the molecule is Cc1ccc(C)c(N2CCC(=O)NC(C)(C)C2=O)c1. The molecule has 102 valence electrons. The Labute approximate surface area is 113 Å². The number of nitrogens with one attached hydrogen (secondary N) is 1. The Morgan fingerprint density at radius 1 is 1.21 bits per heavy atom. The van der Waals surface area contributed by atoms with E-state index in [1.54, 1.807) is 18.7 Å². The highest BCUT2D eigenvalue weighted by Crippen LogP contribution is 2.26. The van der Waals surface area contributed by atoms with Crippen LogP contribution >= 0.6 is 0 Å². The first-order chi connectivity index (χ1) is 8.81. The molecule has 0 bridgehead atoms. The fourth-order valence-electron chi connectivity index (χ4n) is 2.36. The van der Waals surface area contributed by atoms with E-state index in [1.165, 1.54) is 0 Å². The molecular weight excluding hydrogens is 240 g/mol. The van der Waals surface area contributed by atoms with Gasteiger partial charge in [-0.05, 0) is 44.9 Å². The van der Waals surface area contributed by atoms with Crippen LogP contribution < -0.4 is 10.2 Å². The van der Waals surface area contributed by atoms with E-state index in [-0.39, 0.29) is 11.8 Å². The van der Waals surface area contributed by atoms with Gasteiger partial charge in [0, 0.05) is 18.7 Å². The van der Waals surface area contributed by atoms with E-state index in [1.807, 2.05) is 32.0 Å². The van der Waals surface area contributed by atoms with E-state index in [4.69, 9.17) is 0 Å². The van der Waals surface area contributed by atoms with Crippen molar-refractivity contribution < 1.29 is 9.59 Å². The Kier molecular flexibility index (Phi) is 3.35. The smallest absolute Gasteiger partial charge is 0.252 e. The summed E-state index contributed by atoms with van der Waals surface area (Å²) in [6, 6.07) is 6.03. The molecular formula is C15H20N2O2. The third-order valence-electron chi connectivity index (χ3n) is 3.45. The summed E-state index contributed by atoms with van der Waals surface area (Å²) in [6.07, 6.45) is 0.336. The van der Waals surface area contributed by atoms with Crippen molar-refractivity contribution in [1.82, 2.24) is 5.32 Å². The second-order valence-electron chi connectivity index (χ2n) is 5.67. The van der Waals surface area contributed by atoms with E-state index in [0.29, 0.717) is 13.0 Å². The molecule has 0 aliphatic carbocycles. The van der Waals surface area contributed by atoms with Crippen molar-refractivity contribution in [2.24, 2.45) is 0 Å². The summed E-state index contributed by atoms with van der Waals surface area (Å²) < 4.78 is 0. The standard InChI is InChI=1S/C15H20N2O2/c1-10-5-6-11(2)12(9-10)17-8-7-13(18)16-15(3,4)14(17)19/h5-6,9H,7-8H2,1-4H3,(H,16,18). The summed E-state index contributed by atoms with van der Waals surface area (Å²) in [7, 11) is 0. The topological polar surface area (TPSA) is 49.4 Å². The molecule has 2 amide bonds. The van der Waals surface area contributed by atoms with Crippen LogP contribution in [0.3, 0.4) is 0 Å². The average Bonchev–Trinajstić information content (AvgIpc) is 2.41. The summed E-state index contributed by atoms with van der Waals surface area (Å²) >= 11 is 0. The fourth-order valence-corrected chi connectivity index (χ4v) is 2.36. The maximum absolute atomic E-state index is 12.6. The first-order valence-corrected chi connectivity index (χ1v) is 6.51. The van der Waals surface area contributed by atoms with Gasteiger partial charge < -0.3 is 10.2 Å². The summed E-state index contributed by atoms with van der Waals surface area (Å²) in [5.74, 6) is -0.141. The molecule has 0 spiro atoms. The predicted octanol–water partition coefficient (Wildman–Crippen LogP) is 1.93. The first kappa shape index (κ1) is 13.6. The summed E-state index contributed by atoms with van der Waals surface area (Å²) in [5.41, 5.74) is 2.19. The number of benzene rings is 1. The number of carbonyl (C=O) groups excluding carboxylic acids is 2. The number of rotatable bonds is 1. The number of amides is 2. The molecule has 19 heavy (non-hydrogen) atoms. The predicted molar refractivity (Wildman–Crippen MR) is 75.1 cm³/mol. The number of anilines is 1. The number of nitrogens with zero attached hydrogens (tertiary/aromatic N) is 1. The van der Waals surface area contributed by atoms with E-state index in [0.717, 1.165) is 16.8 Å². The Morgan fingerprint density at radius 2 is 1.89 bits per heavy atom. The van der Waals surface area contributed by atoms with Gasteiger partial charge in [-0.3, -0.25) is 9.59 Å². The average molecular weight is 260 g/mol. The Hall–Kier alpha value is -1.84. The monoisotopic (exact) mass is 260 g/mol. The van der Waals surface area contributed by atoms with E-state index in [2.05, 4.69) is 5.32 Å². The van der Waals surface area contributed by atoms with Gasteiger partial charge in [0.05, 0.1) is 0 Å². The highest BCUT2D eigenvalue weighted by Gasteiger charge is 2.37. The van der Waals surface area contributed by atoms with Gasteiger partial charge in [0.15, 0.2) is 0 Å². The van der Waals surface area contributed by atoms with Crippen molar-refractivity contribution in [3.8, 4) is 0 Å². The Morgan fingerprint density at radius 3 is 2.58 bits per heavy atom. The van der Waals surface area contributed by atoms with Crippen LogP contribution in [0.4, 0.5) is 5.69 Å². The van der Waals surface area contributed by atoms with Crippen molar-refractivity contribution in [2.75, 3.05) is 11.4 Å². The van der Waals surface area contributed by atoms with Crippen molar-refractivity contribution in [3.05, 3.63) is 29.3 Å². The van der Waals surface area contributed by atoms with Gasteiger partial charge in [-0.1, -0.05) is 12.1 Å². The summed E-state index contributed by atoms with van der Waals surface area (Å²) in [4.78, 5) is 26.0. The highest BCUT2D eigenvalue weighted by molar-refractivity contribution is 6.04. The van der Waals surface area contributed by atoms with E-state index in [9.17, 15) is 9.59 Å². The molecule has 2 rings (SSSR count). The number of carbonyl (C=O) groups is 2.